The number of aromatic nitrogens is 4. The molecule has 0 aliphatic carbocycles. The highest BCUT2D eigenvalue weighted by Gasteiger charge is 2.09. The summed E-state index contributed by atoms with van der Waals surface area (Å²) in [6, 6.07) is 10.8. The zero-order valence-electron chi connectivity index (χ0n) is 10.6. The summed E-state index contributed by atoms with van der Waals surface area (Å²) in [6.07, 6.45) is 3.73. The Kier molecular flexibility index (Phi) is 2.63. The van der Waals surface area contributed by atoms with Crippen LogP contribution in [-0.2, 0) is 6.54 Å². The van der Waals surface area contributed by atoms with E-state index in [1.54, 1.807) is 6.33 Å². The molecule has 3 rings (SSSR count). The minimum atomic E-state index is 0.337. The molecule has 0 saturated heterocycles. The fourth-order valence-corrected chi connectivity index (χ4v) is 2.25. The van der Waals surface area contributed by atoms with Crippen molar-refractivity contribution in [2.24, 2.45) is 0 Å². The van der Waals surface area contributed by atoms with Crippen LogP contribution < -0.4 is 0 Å². The lowest BCUT2D eigenvalue weighted by Crippen LogP contribution is -2.11. The topological polar surface area (TPSA) is 35.6 Å². The molecule has 0 atom stereocenters. The number of hydrogen-bond donors (Lipinski definition) is 0. The number of hydrogen-bond acceptors (Lipinski definition) is 2. The molecule has 3 aromatic rings. The molecule has 0 amide bonds. The van der Waals surface area contributed by atoms with E-state index < -0.39 is 0 Å². The van der Waals surface area contributed by atoms with Crippen molar-refractivity contribution in [2.45, 2.75) is 26.4 Å². The van der Waals surface area contributed by atoms with Gasteiger partial charge in [-0.3, -0.25) is 0 Å². The van der Waals surface area contributed by atoms with Crippen molar-refractivity contribution in [3.05, 3.63) is 48.7 Å². The smallest absolute Gasteiger partial charge is 0.147 e. The summed E-state index contributed by atoms with van der Waals surface area (Å²) in [5.74, 6) is 0.992. The highest BCUT2D eigenvalue weighted by molar-refractivity contribution is 5.79. The molecule has 0 bridgehead atoms. The van der Waals surface area contributed by atoms with Gasteiger partial charge in [-0.1, -0.05) is 18.2 Å². The fraction of sp³-hybridized carbons (Fsp3) is 0.286. The van der Waals surface area contributed by atoms with Gasteiger partial charge < -0.3 is 4.57 Å². The van der Waals surface area contributed by atoms with E-state index >= 15 is 0 Å². The summed E-state index contributed by atoms with van der Waals surface area (Å²) in [5.41, 5.74) is 1.23. The van der Waals surface area contributed by atoms with E-state index in [1.807, 2.05) is 4.68 Å². The Hall–Kier alpha value is -2.10. The minimum absolute atomic E-state index is 0.337. The Morgan fingerprint density at radius 2 is 2.00 bits per heavy atom. The van der Waals surface area contributed by atoms with Gasteiger partial charge in [0, 0.05) is 17.8 Å². The van der Waals surface area contributed by atoms with Gasteiger partial charge in [0.15, 0.2) is 0 Å². The molecular formula is C14H16N4. The van der Waals surface area contributed by atoms with Gasteiger partial charge in [0.25, 0.3) is 0 Å². The lowest BCUT2D eigenvalue weighted by atomic mass is 10.2. The predicted molar refractivity (Wildman–Crippen MR) is 71.4 cm³/mol. The molecule has 0 radical (unpaired) electrons. The minimum Gasteiger partial charge on any atom is -0.340 e. The average molecular weight is 240 g/mol. The van der Waals surface area contributed by atoms with Crippen molar-refractivity contribution in [3.8, 4) is 0 Å². The van der Waals surface area contributed by atoms with E-state index in [0.717, 1.165) is 12.4 Å². The van der Waals surface area contributed by atoms with Gasteiger partial charge >= 0.3 is 0 Å². The van der Waals surface area contributed by atoms with Gasteiger partial charge in [0.05, 0.1) is 6.54 Å². The van der Waals surface area contributed by atoms with Crippen LogP contribution in [0, 0.1) is 0 Å². The second kappa shape index (κ2) is 4.29. The summed E-state index contributed by atoms with van der Waals surface area (Å²) >= 11 is 0. The first-order valence-corrected chi connectivity index (χ1v) is 6.18. The van der Waals surface area contributed by atoms with E-state index in [1.165, 1.54) is 10.9 Å². The summed E-state index contributed by atoms with van der Waals surface area (Å²) in [4.78, 5) is 4.35. The molecule has 2 aromatic heterocycles. The normalized spacial score (nSPS) is 11.5. The lowest BCUT2D eigenvalue weighted by Gasteiger charge is -2.10. The van der Waals surface area contributed by atoms with Crippen LogP contribution in [0.3, 0.4) is 0 Å². The first kappa shape index (κ1) is 11.0. The maximum Gasteiger partial charge on any atom is 0.147 e. The predicted octanol–water partition coefficient (Wildman–Crippen LogP) is 2.86. The zero-order valence-corrected chi connectivity index (χ0v) is 10.6. The molecule has 4 nitrogen and oxygen atoms in total. The molecule has 0 saturated carbocycles. The maximum atomic E-state index is 4.35. The molecule has 0 N–H and O–H groups in total. The summed E-state index contributed by atoms with van der Waals surface area (Å²) < 4.78 is 4.17. The first-order chi connectivity index (χ1) is 8.75. The molecule has 0 aliphatic heterocycles. The first-order valence-electron chi connectivity index (χ1n) is 6.18. The van der Waals surface area contributed by atoms with Crippen molar-refractivity contribution >= 4 is 10.9 Å². The van der Waals surface area contributed by atoms with Crippen LogP contribution in [0.1, 0.15) is 25.7 Å². The molecule has 4 heteroatoms. The van der Waals surface area contributed by atoms with Gasteiger partial charge in [-0.25, -0.2) is 9.67 Å². The standard InChI is InChI=1S/C14H16N4/c1-11(2)18-14(15-10-16-18)9-17-8-7-12-5-3-4-6-13(12)17/h3-8,10-11H,9H2,1-2H3. The highest BCUT2D eigenvalue weighted by Crippen LogP contribution is 2.16. The van der Waals surface area contributed by atoms with E-state index in [-0.39, 0.29) is 0 Å². The second-order valence-corrected chi connectivity index (χ2v) is 4.72. The van der Waals surface area contributed by atoms with Crippen molar-refractivity contribution in [1.82, 2.24) is 19.3 Å². The molecule has 0 spiro atoms. The van der Waals surface area contributed by atoms with E-state index in [0.29, 0.717) is 6.04 Å². The Morgan fingerprint density at radius 1 is 1.17 bits per heavy atom. The molecule has 0 fully saturated rings. The number of fused-ring (bicyclic) bond motifs is 1. The van der Waals surface area contributed by atoms with Crippen LogP contribution in [0.15, 0.2) is 42.9 Å². The Labute approximate surface area is 106 Å². The van der Waals surface area contributed by atoms with E-state index in [4.69, 9.17) is 0 Å². The third-order valence-electron chi connectivity index (χ3n) is 3.13. The number of benzene rings is 1. The van der Waals surface area contributed by atoms with Crippen LogP contribution >= 0.6 is 0 Å². The van der Waals surface area contributed by atoms with Crippen molar-refractivity contribution in [1.29, 1.82) is 0 Å². The molecule has 2 heterocycles. The number of nitrogens with zero attached hydrogens (tertiary/aromatic N) is 4. The van der Waals surface area contributed by atoms with Gasteiger partial charge in [0.1, 0.15) is 12.2 Å². The third kappa shape index (κ3) is 1.79. The molecule has 1 aromatic carbocycles. The van der Waals surface area contributed by atoms with Gasteiger partial charge in [-0.05, 0) is 31.4 Å². The number of para-hydroxylation sites is 1. The lowest BCUT2D eigenvalue weighted by molar-refractivity contribution is 0.498. The zero-order chi connectivity index (χ0) is 12.5. The van der Waals surface area contributed by atoms with Crippen LogP contribution in [0.25, 0.3) is 10.9 Å². The van der Waals surface area contributed by atoms with Crippen LogP contribution in [0.5, 0.6) is 0 Å². The Bertz CT molecular complexity index is 663. The Balaban J connectivity index is 1.99. The van der Waals surface area contributed by atoms with E-state index in [9.17, 15) is 0 Å². The average Bonchev–Trinajstić information content (AvgIpc) is 2.97. The molecular weight excluding hydrogens is 224 g/mol. The molecule has 0 unspecified atom stereocenters. The van der Waals surface area contributed by atoms with Crippen LogP contribution in [0.4, 0.5) is 0 Å². The van der Waals surface area contributed by atoms with E-state index in [2.05, 4.69) is 65.0 Å². The number of rotatable bonds is 3. The SMILES string of the molecule is CC(C)n1ncnc1Cn1ccc2ccccc21. The summed E-state index contributed by atoms with van der Waals surface area (Å²) in [7, 11) is 0. The molecule has 18 heavy (non-hydrogen) atoms. The molecule has 92 valence electrons. The van der Waals surface area contributed by atoms with Crippen LogP contribution in [0.2, 0.25) is 0 Å². The van der Waals surface area contributed by atoms with Crippen molar-refractivity contribution in [3.63, 3.8) is 0 Å². The maximum absolute atomic E-state index is 4.35. The monoisotopic (exact) mass is 240 g/mol. The van der Waals surface area contributed by atoms with Gasteiger partial charge in [-0.15, -0.1) is 0 Å². The van der Waals surface area contributed by atoms with Gasteiger partial charge in [0.2, 0.25) is 0 Å². The summed E-state index contributed by atoms with van der Waals surface area (Å²) in [6.45, 7) is 4.99. The molecule has 0 aliphatic rings. The van der Waals surface area contributed by atoms with Crippen molar-refractivity contribution < 1.29 is 0 Å². The summed E-state index contributed by atoms with van der Waals surface area (Å²) in [5, 5.41) is 5.53. The second-order valence-electron chi connectivity index (χ2n) is 4.72. The fourth-order valence-electron chi connectivity index (χ4n) is 2.25. The van der Waals surface area contributed by atoms with Crippen LogP contribution in [-0.4, -0.2) is 19.3 Å². The van der Waals surface area contributed by atoms with Crippen molar-refractivity contribution in [2.75, 3.05) is 0 Å². The Morgan fingerprint density at radius 3 is 2.83 bits per heavy atom. The third-order valence-corrected chi connectivity index (χ3v) is 3.13. The quantitative estimate of drug-likeness (QED) is 0.705. The van der Waals surface area contributed by atoms with Gasteiger partial charge in [-0.2, -0.15) is 5.10 Å². The largest absolute Gasteiger partial charge is 0.340 e. The highest BCUT2D eigenvalue weighted by atomic mass is 15.4.